The molecule has 0 fully saturated rings. The van der Waals surface area contributed by atoms with Gasteiger partial charge in [-0.1, -0.05) is 35.9 Å². The molecule has 34 heavy (non-hydrogen) atoms. The molecule has 0 aliphatic rings. The van der Waals surface area contributed by atoms with Crippen molar-refractivity contribution in [2.45, 2.75) is 42.2 Å². The summed E-state index contributed by atoms with van der Waals surface area (Å²) in [5.41, 5.74) is 1.39. The summed E-state index contributed by atoms with van der Waals surface area (Å²) >= 11 is 5.97. The SMILES string of the molecule is Cc1cc(O)c(C(=O)O)cc1S(=O)(=O)c1ccc(C[C@@H](C)NC[C@@H](O)c2cccc(Cl)c2)cc1. The van der Waals surface area contributed by atoms with Crippen molar-refractivity contribution in [2.24, 2.45) is 0 Å². The monoisotopic (exact) mass is 503 g/mol. The fraction of sp³-hybridized carbons (Fsp3) is 0.240. The number of aryl methyl sites for hydroxylation is 1. The van der Waals surface area contributed by atoms with Crippen LogP contribution in [0.1, 0.15) is 40.1 Å². The number of benzene rings is 3. The minimum atomic E-state index is -3.98. The van der Waals surface area contributed by atoms with E-state index in [-0.39, 0.29) is 21.4 Å². The molecule has 0 amide bonds. The lowest BCUT2D eigenvalue weighted by atomic mass is 10.1. The minimum Gasteiger partial charge on any atom is -0.507 e. The van der Waals surface area contributed by atoms with Gasteiger partial charge in [0.2, 0.25) is 9.84 Å². The first-order valence-corrected chi connectivity index (χ1v) is 12.4. The van der Waals surface area contributed by atoms with Gasteiger partial charge in [-0.15, -0.1) is 0 Å². The van der Waals surface area contributed by atoms with Crippen molar-refractivity contribution in [3.8, 4) is 5.75 Å². The van der Waals surface area contributed by atoms with E-state index in [1.807, 2.05) is 6.92 Å². The molecule has 0 heterocycles. The Morgan fingerprint density at radius 3 is 2.38 bits per heavy atom. The summed E-state index contributed by atoms with van der Waals surface area (Å²) in [4.78, 5) is 11.2. The second-order valence-corrected chi connectivity index (χ2v) is 10.5. The van der Waals surface area contributed by atoms with Gasteiger partial charge in [-0.2, -0.15) is 0 Å². The van der Waals surface area contributed by atoms with Crippen molar-refractivity contribution in [2.75, 3.05) is 6.54 Å². The van der Waals surface area contributed by atoms with Crippen LogP contribution in [-0.4, -0.2) is 42.3 Å². The van der Waals surface area contributed by atoms with E-state index in [1.54, 1.807) is 36.4 Å². The van der Waals surface area contributed by atoms with Gasteiger partial charge in [-0.05, 0) is 73.4 Å². The molecular weight excluding hydrogens is 478 g/mol. The second kappa shape index (κ2) is 10.6. The van der Waals surface area contributed by atoms with Crippen molar-refractivity contribution in [1.82, 2.24) is 5.32 Å². The lowest BCUT2D eigenvalue weighted by Crippen LogP contribution is -2.32. The van der Waals surface area contributed by atoms with E-state index in [0.29, 0.717) is 18.0 Å². The van der Waals surface area contributed by atoms with Crippen LogP contribution in [0.3, 0.4) is 0 Å². The molecule has 0 aliphatic carbocycles. The third-order valence-corrected chi connectivity index (χ3v) is 7.63. The van der Waals surface area contributed by atoms with E-state index < -0.39 is 33.2 Å². The van der Waals surface area contributed by atoms with Crippen LogP contribution < -0.4 is 5.32 Å². The number of carboxylic acid groups (broad SMARTS) is 1. The van der Waals surface area contributed by atoms with Crippen LogP contribution in [0.15, 0.2) is 70.5 Å². The number of aromatic hydroxyl groups is 1. The predicted molar refractivity (Wildman–Crippen MR) is 129 cm³/mol. The first-order chi connectivity index (χ1) is 16.0. The number of aliphatic hydroxyl groups is 1. The number of carbonyl (C=O) groups is 1. The lowest BCUT2D eigenvalue weighted by Gasteiger charge is -2.18. The highest BCUT2D eigenvalue weighted by atomic mass is 35.5. The number of aliphatic hydroxyl groups excluding tert-OH is 1. The number of sulfone groups is 1. The maximum absolute atomic E-state index is 13.1. The molecule has 7 nitrogen and oxygen atoms in total. The molecule has 3 aromatic carbocycles. The largest absolute Gasteiger partial charge is 0.507 e. The zero-order valence-corrected chi connectivity index (χ0v) is 20.3. The molecule has 0 saturated heterocycles. The fourth-order valence-corrected chi connectivity index (χ4v) is 5.34. The average molecular weight is 504 g/mol. The number of rotatable bonds is 9. The van der Waals surface area contributed by atoms with Gasteiger partial charge >= 0.3 is 5.97 Å². The third kappa shape index (κ3) is 5.95. The van der Waals surface area contributed by atoms with Gasteiger partial charge in [-0.25, -0.2) is 13.2 Å². The number of carboxylic acids is 1. The quantitative estimate of drug-likeness (QED) is 0.346. The number of nitrogens with one attached hydrogen (secondary N) is 1. The Morgan fingerprint density at radius 2 is 1.76 bits per heavy atom. The Labute approximate surface area is 203 Å². The maximum atomic E-state index is 13.1. The molecule has 0 bridgehead atoms. The van der Waals surface area contributed by atoms with Crippen LogP contribution in [0.4, 0.5) is 0 Å². The molecule has 0 aliphatic heterocycles. The summed E-state index contributed by atoms with van der Waals surface area (Å²) in [6, 6.07) is 15.5. The van der Waals surface area contributed by atoms with Gasteiger partial charge in [-0.3, -0.25) is 0 Å². The van der Waals surface area contributed by atoms with Gasteiger partial charge in [0.05, 0.1) is 15.9 Å². The van der Waals surface area contributed by atoms with Gasteiger partial charge in [0.15, 0.2) is 0 Å². The van der Waals surface area contributed by atoms with E-state index in [0.717, 1.165) is 23.3 Å². The van der Waals surface area contributed by atoms with Crippen LogP contribution in [-0.2, 0) is 16.3 Å². The lowest BCUT2D eigenvalue weighted by molar-refractivity contribution is 0.0693. The molecule has 2 atom stereocenters. The minimum absolute atomic E-state index is 0.00811. The molecule has 0 radical (unpaired) electrons. The zero-order valence-electron chi connectivity index (χ0n) is 18.7. The van der Waals surface area contributed by atoms with Crippen molar-refractivity contribution in [3.63, 3.8) is 0 Å². The Kier molecular flexibility index (Phi) is 7.99. The summed E-state index contributed by atoms with van der Waals surface area (Å²) in [5.74, 6) is -1.90. The van der Waals surface area contributed by atoms with E-state index in [2.05, 4.69) is 5.32 Å². The molecule has 0 unspecified atom stereocenters. The summed E-state index contributed by atoms with van der Waals surface area (Å²) in [5, 5.41) is 33.2. The molecule has 0 aromatic heterocycles. The maximum Gasteiger partial charge on any atom is 0.339 e. The number of hydrogen-bond acceptors (Lipinski definition) is 6. The fourth-order valence-electron chi connectivity index (χ4n) is 3.64. The highest BCUT2D eigenvalue weighted by Gasteiger charge is 2.24. The number of phenols is 1. The van der Waals surface area contributed by atoms with Gasteiger partial charge in [0, 0.05) is 17.6 Å². The summed E-state index contributed by atoms with van der Waals surface area (Å²) in [6.07, 6.45) is -0.109. The number of halogens is 1. The summed E-state index contributed by atoms with van der Waals surface area (Å²) in [7, 11) is -3.98. The van der Waals surface area contributed by atoms with E-state index in [1.165, 1.54) is 19.1 Å². The van der Waals surface area contributed by atoms with Gasteiger partial charge in [0.25, 0.3) is 0 Å². The first-order valence-electron chi connectivity index (χ1n) is 10.6. The van der Waals surface area contributed by atoms with Crippen molar-refractivity contribution >= 4 is 27.4 Å². The average Bonchev–Trinajstić information content (AvgIpc) is 2.77. The van der Waals surface area contributed by atoms with Gasteiger partial charge in [0.1, 0.15) is 11.3 Å². The van der Waals surface area contributed by atoms with E-state index in [9.17, 15) is 28.5 Å². The number of hydrogen-bond donors (Lipinski definition) is 4. The Morgan fingerprint density at radius 1 is 1.09 bits per heavy atom. The molecule has 3 aromatic rings. The second-order valence-electron chi connectivity index (χ2n) is 8.17. The predicted octanol–water partition coefficient (Wildman–Crippen LogP) is 4.14. The standard InChI is InChI=1S/C25H26ClNO6S/c1-15-10-22(28)21(25(30)31)13-24(15)34(32,33)20-8-6-17(7-9-20)11-16(2)27-14-23(29)18-4-3-5-19(26)12-18/h3-10,12-13,16,23,27-29H,11,14H2,1-2H3,(H,30,31)/t16-,23-/m1/s1. The highest BCUT2D eigenvalue weighted by Crippen LogP contribution is 2.30. The molecule has 4 N–H and O–H groups in total. The normalized spacial score (nSPS) is 13.4. The van der Waals surface area contributed by atoms with Crippen molar-refractivity contribution in [3.05, 3.63) is 87.9 Å². The molecule has 180 valence electrons. The third-order valence-electron chi connectivity index (χ3n) is 5.48. The summed E-state index contributed by atoms with van der Waals surface area (Å²) in [6.45, 7) is 3.79. The zero-order chi connectivity index (χ0) is 25.0. The molecular formula is C25H26ClNO6S. The Hall–Kier alpha value is -2.91. The molecule has 0 saturated carbocycles. The van der Waals surface area contributed by atoms with Crippen molar-refractivity contribution in [1.29, 1.82) is 0 Å². The van der Waals surface area contributed by atoms with Crippen LogP contribution in [0.2, 0.25) is 5.02 Å². The van der Waals surface area contributed by atoms with Crippen LogP contribution in [0.25, 0.3) is 0 Å². The Balaban J connectivity index is 1.69. The summed E-state index contributed by atoms with van der Waals surface area (Å²) < 4.78 is 26.2. The van der Waals surface area contributed by atoms with Crippen molar-refractivity contribution < 1.29 is 28.5 Å². The van der Waals surface area contributed by atoms with E-state index in [4.69, 9.17) is 11.6 Å². The van der Waals surface area contributed by atoms with Crippen LogP contribution >= 0.6 is 11.6 Å². The van der Waals surface area contributed by atoms with Crippen LogP contribution in [0, 0.1) is 6.92 Å². The Bertz CT molecular complexity index is 1290. The highest BCUT2D eigenvalue weighted by molar-refractivity contribution is 7.91. The topological polar surface area (TPSA) is 124 Å². The molecule has 3 rings (SSSR count). The number of aromatic carboxylic acids is 1. The van der Waals surface area contributed by atoms with E-state index >= 15 is 0 Å². The van der Waals surface area contributed by atoms with Crippen LogP contribution in [0.5, 0.6) is 5.75 Å². The van der Waals surface area contributed by atoms with Gasteiger partial charge < -0.3 is 20.6 Å². The molecule has 9 heteroatoms. The smallest absolute Gasteiger partial charge is 0.339 e. The first kappa shape index (κ1) is 25.7. The molecule has 0 spiro atoms.